The molecule has 2 aromatic carbocycles. The molecule has 1 aliphatic rings. The Bertz CT molecular complexity index is 783. The van der Waals surface area contributed by atoms with E-state index < -0.39 is 6.10 Å². The summed E-state index contributed by atoms with van der Waals surface area (Å²) in [6.45, 7) is 3.84. The minimum absolute atomic E-state index is 0.0147. The predicted molar refractivity (Wildman–Crippen MR) is 109 cm³/mol. The number of benzene rings is 2. The molecule has 0 bridgehead atoms. The summed E-state index contributed by atoms with van der Waals surface area (Å²) in [6, 6.07) is 16.8. The quantitative estimate of drug-likeness (QED) is 0.830. The van der Waals surface area contributed by atoms with Gasteiger partial charge >= 0.3 is 0 Å². The van der Waals surface area contributed by atoms with Gasteiger partial charge in [-0.2, -0.15) is 0 Å². The van der Waals surface area contributed by atoms with Crippen LogP contribution in [0.5, 0.6) is 5.75 Å². The van der Waals surface area contributed by atoms with E-state index in [1.54, 1.807) is 31.2 Å². The molecule has 1 heterocycles. The summed E-state index contributed by atoms with van der Waals surface area (Å²) in [5.41, 5.74) is 1.56. The fourth-order valence-corrected chi connectivity index (χ4v) is 3.39. The Balaban J connectivity index is 1.57. The van der Waals surface area contributed by atoms with E-state index in [0.717, 1.165) is 31.5 Å². The zero-order valence-electron chi connectivity index (χ0n) is 16.4. The second kappa shape index (κ2) is 9.93. The van der Waals surface area contributed by atoms with Crippen LogP contribution in [0.25, 0.3) is 0 Å². The van der Waals surface area contributed by atoms with E-state index in [0.29, 0.717) is 17.9 Å². The van der Waals surface area contributed by atoms with E-state index in [9.17, 15) is 9.59 Å². The van der Waals surface area contributed by atoms with Crippen LogP contribution >= 0.6 is 0 Å². The number of hydrogen-bond acceptors (Lipinski definition) is 3. The maximum atomic E-state index is 12.7. The number of carbonyl (C=O) groups excluding carboxylic acids is 2. The summed E-state index contributed by atoms with van der Waals surface area (Å²) in [7, 11) is 0. The molecule has 0 radical (unpaired) electrons. The molecule has 0 saturated carbocycles. The van der Waals surface area contributed by atoms with E-state index in [-0.39, 0.29) is 11.8 Å². The number of amides is 2. The van der Waals surface area contributed by atoms with Crippen molar-refractivity contribution in [2.45, 2.75) is 45.3 Å². The second-order valence-corrected chi connectivity index (χ2v) is 7.20. The minimum Gasteiger partial charge on any atom is -0.481 e. The normalized spacial score (nSPS) is 15.4. The van der Waals surface area contributed by atoms with Crippen LogP contribution in [0.1, 0.15) is 48.5 Å². The molecule has 1 aliphatic heterocycles. The van der Waals surface area contributed by atoms with Crippen molar-refractivity contribution in [2.24, 2.45) is 0 Å². The minimum atomic E-state index is -0.569. The van der Waals surface area contributed by atoms with E-state index in [2.05, 4.69) is 5.32 Å². The van der Waals surface area contributed by atoms with Gasteiger partial charge in [-0.15, -0.1) is 0 Å². The summed E-state index contributed by atoms with van der Waals surface area (Å²) in [4.78, 5) is 27.0. The average molecular weight is 380 g/mol. The molecule has 0 aliphatic carbocycles. The number of nitrogens with zero attached hydrogens (tertiary/aromatic N) is 1. The van der Waals surface area contributed by atoms with Crippen LogP contribution < -0.4 is 10.1 Å². The maximum absolute atomic E-state index is 12.7. The number of ether oxygens (including phenoxy) is 1. The van der Waals surface area contributed by atoms with Gasteiger partial charge in [0.05, 0.1) is 0 Å². The van der Waals surface area contributed by atoms with Crippen molar-refractivity contribution >= 4 is 11.8 Å². The predicted octanol–water partition coefficient (Wildman–Crippen LogP) is 3.79. The van der Waals surface area contributed by atoms with Crippen LogP contribution in [0.4, 0.5) is 0 Å². The van der Waals surface area contributed by atoms with E-state index in [1.165, 1.54) is 12.8 Å². The second-order valence-electron chi connectivity index (χ2n) is 7.20. The Kier molecular flexibility index (Phi) is 7.06. The van der Waals surface area contributed by atoms with Crippen LogP contribution in [0.3, 0.4) is 0 Å². The molecule has 0 spiro atoms. The molecule has 0 aromatic heterocycles. The van der Waals surface area contributed by atoms with Crippen molar-refractivity contribution in [3.63, 3.8) is 0 Å². The zero-order valence-corrected chi connectivity index (χ0v) is 16.4. The first kappa shape index (κ1) is 19.9. The molecular weight excluding hydrogens is 352 g/mol. The molecule has 1 atom stereocenters. The van der Waals surface area contributed by atoms with Crippen LogP contribution in [-0.4, -0.2) is 35.9 Å². The lowest BCUT2D eigenvalue weighted by Crippen LogP contribution is -2.41. The van der Waals surface area contributed by atoms with Crippen LogP contribution in [0, 0.1) is 0 Å². The average Bonchev–Trinajstić information content (AvgIpc) is 3.02. The largest absolute Gasteiger partial charge is 0.481 e. The summed E-state index contributed by atoms with van der Waals surface area (Å²) in [5, 5.41) is 2.91. The summed E-state index contributed by atoms with van der Waals surface area (Å²) in [6.07, 6.45) is 3.89. The number of nitrogens with one attached hydrogen (secondary N) is 1. The first-order valence-corrected chi connectivity index (χ1v) is 10.0. The number of carbonyl (C=O) groups is 2. The van der Waals surface area contributed by atoms with Gasteiger partial charge in [0.1, 0.15) is 5.75 Å². The molecule has 1 fully saturated rings. The van der Waals surface area contributed by atoms with Gasteiger partial charge in [-0.25, -0.2) is 0 Å². The third-order valence-electron chi connectivity index (χ3n) is 4.97. The molecule has 2 amide bonds. The highest BCUT2D eigenvalue weighted by molar-refractivity contribution is 5.94. The van der Waals surface area contributed by atoms with Crippen molar-refractivity contribution in [3.05, 3.63) is 65.7 Å². The van der Waals surface area contributed by atoms with Gasteiger partial charge in [0.25, 0.3) is 11.8 Å². The van der Waals surface area contributed by atoms with Crippen molar-refractivity contribution in [1.29, 1.82) is 0 Å². The molecule has 28 heavy (non-hydrogen) atoms. The van der Waals surface area contributed by atoms with Crippen LogP contribution in [0.2, 0.25) is 0 Å². The molecular formula is C23H28N2O3. The number of likely N-dealkylation sites (tertiary alicyclic amines) is 1. The van der Waals surface area contributed by atoms with Gasteiger partial charge in [0, 0.05) is 25.2 Å². The van der Waals surface area contributed by atoms with Crippen LogP contribution in [0.15, 0.2) is 54.6 Å². The topological polar surface area (TPSA) is 58.6 Å². The SMILES string of the molecule is C[C@@H](Oc1cccc(C(=O)NCc2ccccc2)c1)C(=O)N1CCCCCC1. The van der Waals surface area contributed by atoms with Crippen molar-refractivity contribution in [3.8, 4) is 5.75 Å². The summed E-state index contributed by atoms with van der Waals surface area (Å²) in [5.74, 6) is 0.379. The molecule has 148 valence electrons. The summed E-state index contributed by atoms with van der Waals surface area (Å²) >= 11 is 0. The highest BCUT2D eigenvalue weighted by Gasteiger charge is 2.23. The first-order chi connectivity index (χ1) is 13.6. The van der Waals surface area contributed by atoms with Gasteiger partial charge < -0.3 is 15.0 Å². The number of hydrogen-bond donors (Lipinski definition) is 1. The molecule has 3 rings (SSSR count). The standard InChI is InChI=1S/C23H28N2O3/c1-18(23(27)25-14-7-2-3-8-15-25)28-21-13-9-12-20(16-21)22(26)24-17-19-10-5-4-6-11-19/h4-6,9-13,16,18H,2-3,7-8,14-15,17H2,1H3,(H,24,26)/t18-/m1/s1. The lowest BCUT2D eigenvalue weighted by Gasteiger charge is -2.24. The molecule has 1 N–H and O–H groups in total. The van der Waals surface area contributed by atoms with Crippen LogP contribution in [-0.2, 0) is 11.3 Å². The third kappa shape index (κ3) is 5.59. The fourth-order valence-electron chi connectivity index (χ4n) is 3.39. The Hall–Kier alpha value is -2.82. The smallest absolute Gasteiger partial charge is 0.263 e. The summed E-state index contributed by atoms with van der Waals surface area (Å²) < 4.78 is 5.85. The highest BCUT2D eigenvalue weighted by atomic mass is 16.5. The monoisotopic (exact) mass is 380 g/mol. The molecule has 0 unspecified atom stereocenters. The Morgan fingerprint density at radius 1 is 1.00 bits per heavy atom. The zero-order chi connectivity index (χ0) is 19.8. The Morgan fingerprint density at radius 2 is 1.71 bits per heavy atom. The van der Waals surface area contributed by atoms with Gasteiger partial charge in [-0.05, 0) is 43.5 Å². The number of rotatable bonds is 6. The molecule has 5 heteroatoms. The molecule has 2 aromatic rings. The first-order valence-electron chi connectivity index (χ1n) is 10.0. The lowest BCUT2D eigenvalue weighted by atomic mass is 10.2. The van der Waals surface area contributed by atoms with Gasteiger partial charge in [-0.3, -0.25) is 9.59 Å². The van der Waals surface area contributed by atoms with E-state index in [1.807, 2.05) is 35.2 Å². The highest BCUT2D eigenvalue weighted by Crippen LogP contribution is 2.17. The Labute approximate surface area is 166 Å². The van der Waals surface area contributed by atoms with Crippen molar-refractivity contribution in [2.75, 3.05) is 13.1 Å². The Morgan fingerprint density at radius 3 is 2.43 bits per heavy atom. The molecule has 1 saturated heterocycles. The molecule has 5 nitrogen and oxygen atoms in total. The van der Waals surface area contributed by atoms with Gasteiger partial charge in [0.15, 0.2) is 6.10 Å². The van der Waals surface area contributed by atoms with E-state index >= 15 is 0 Å². The lowest BCUT2D eigenvalue weighted by molar-refractivity contribution is -0.137. The van der Waals surface area contributed by atoms with Gasteiger partial charge in [-0.1, -0.05) is 49.2 Å². The van der Waals surface area contributed by atoms with Crippen molar-refractivity contribution < 1.29 is 14.3 Å². The fraction of sp³-hybridized carbons (Fsp3) is 0.391. The van der Waals surface area contributed by atoms with E-state index in [4.69, 9.17) is 4.74 Å². The van der Waals surface area contributed by atoms with Gasteiger partial charge in [0.2, 0.25) is 0 Å². The maximum Gasteiger partial charge on any atom is 0.263 e. The third-order valence-corrected chi connectivity index (χ3v) is 4.97. The van der Waals surface area contributed by atoms with Crippen molar-refractivity contribution in [1.82, 2.24) is 10.2 Å².